The third-order valence-corrected chi connectivity index (χ3v) is 6.35. The number of methoxy groups -OCH3 is 1. The number of benzene rings is 1. The number of rotatable bonds is 5. The SMILES string of the molecule is COCCN1CCC2(CCC1=O)CN(Cc1ccc(F)cc1C)CCN2C. The van der Waals surface area contributed by atoms with E-state index >= 15 is 0 Å². The average molecular weight is 378 g/mol. The first kappa shape index (κ1) is 20.2. The van der Waals surface area contributed by atoms with Gasteiger partial charge in [-0.15, -0.1) is 0 Å². The van der Waals surface area contributed by atoms with Crippen molar-refractivity contribution in [3.8, 4) is 0 Å². The maximum Gasteiger partial charge on any atom is 0.222 e. The van der Waals surface area contributed by atoms with E-state index in [1.54, 1.807) is 19.2 Å². The Kier molecular flexibility index (Phi) is 6.50. The second kappa shape index (κ2) is 8.67. The van der Waals surface area contributed by atoms with Crippen LogP contribution in [-0.4, -0.2) is 79.6 Å². The topological polar surface area (TPSA) is 36.0 Å². The van der Waals surface area contributed by atoms with Crippen molar-refractivity contribution in [3.63, 3.8) is 0 Å². The molecule has 0 aromatic heterocycles. The number of likely N-dealkylation sites (N-methyl/N-ethyl adjacent to an activating group) is 1. The fourth-order valence-electron chi connectivity index (χ4n) is 4.43. The molecule has 2 aliphatic rings. The van der Waals surface area contributed by atoms with Crippen molar-refractivity contribution < 1.29 is 13.9 Å². The number of aryl methyl sites for hydroxylation is 1. The van der Waals surface area contributed by atoms with Crippen LogP contribution >= 0.6 is 0 Å². The van der Waals surface area contributed by atoms with Gasteiger partial charge in [0.15, 0.2) is 0 Å². The van der Waals surface area contributed by atoms with Crippen LogP contribution in [0.3, 0.4) is 0 Å². The minimum Gasteiger partial charge on any atom is -0.383 e. The minimum absolute atomic E-state index is 0.0314. The Morgan fingerprint density at radius 1 is 1.22 bits per heavy atom. The van der Waals surface area contributed by atoms with Gasteiger partial charge in [-0.05, 0) is 50.1 Å². The first-order chi connectivity index (χ1) is 12.9. The van der Waals surface area contributed by atoms with Crippen LogP contribution in [0.1, 0.15) is 30.4 Å². The van der Waals surface area contributed by atoms with E-state index in [1.807, 2.05) is 17.9 Å². The third kappa shape index (κ3) is 4.68. The summed E-state index contributed by atoms with van der Waals surface area (Å²) in [7, 11) is 3.86. The molecule has 1 amide bonds. The smallest absolute Gasteiger partial charge is 0.222 e. The molecule has 1 aromatic rings. The number of ether oxygens (including phenoxy) is 1. The molecule has 0 bridgehead atoms. The number of piperazine rings is 1. The molecule has 0 N–H and O–H groups in total. The number of hydrogen-bond acceptors (Lipinski definition) is 4. The first-order valence-corrected chi connectivity index (χ1v) is 9.89. The van der Waals surface area contributed by atoms with Crippen molar-refractivity contribution in [2.45, 2.75) is 38.3 Å². The molecule has 1 unspecified atom stereocenters. The van der Waals surface area contributed by atoms with Crippen LogP contribution in [-0.2, 0) is 16.1 Å². The normalized spacial score (nSPS) is 25.2. The standard InChI is InChI=1S/C21H32FN3O2/c1-17-14-19(22)5-4-18(17)15-24-11-10-23(2)21(16-24)7-6-20(26)25(9-8-21)12-13-27-3/h4-5,14H,6-13,15-16H2,1-3H3. The molecule has 0 aliphatic carbocycles. The highest BCUT2D eigenvalue weighted by Gasteiger charge is 2.42. The molecule has 0 radical (unpaired) electrons. The van der Waals surface area contributed by atoms with Gasteiger partial charge in [-0.25, -0.2) is 4.39 Å². The molecule has 6 heteroatoms. The summed E-state index contributed by atoms with van der Waals surface area (Å²) in [6, 6.07) is 5.06. The van der Waals surface area contributed by atoms with E-state index in [-0.39, 0.29) is 17.3 Å². The predicted octanol–water partition coefficient (Wildman–Crippen LogP) is 2.28. The summed E-state index contributed by atoms with van der Waals surface area (Å²) in [6.45, 7) is 7.80. The molecule has 2 fully saturated rings. The van der Waals surface area contributed by atoms with Crippen molar-refractivity contribution in [1.82, 2.24) is 14.7 Å². The summed E-state index contributed by atoms with van der Waals surface area (Å²) in [6.07, 6.45) is 2.47. The van der Waals surface area contributed by atoms with Gasteiger partial charge >= 0.3 is 0 Å². The lowest BCUT2D eigenvalue weighted by atomic mass is 9.86. The van der Waals surface area contributed by atoms with Gasteiger partial charge in [0.1, 0.15) is 5.82 Å². The van der Waals surface area contributed by atoms with Crippen LogP contribution in [0.25, 0.3) is 0 Å². The fraction of sp³-hybridized carbons (Fsp3) is 0.667. The van der Waals surface area contributed by atoms with E-state index in [0.29, 0.717) is 19.6 Å². The largest absolute Gasteiger partial charge is 0.383 e. The number of nitrogens with zero attached hydrogens (tertiary/aromatic N) is 3. The zero-order valence-electron chi connectivity index (χ0n) is 16.8. The number of halogens is 1. The van der Waals surface area contributed by atoms with Gasteiger partial charge in [0.05, 0.1) is 6.61 Å². The van der Waals surface area contributed by atoms with Crippen LogP contribution in [0.5, 0.6) is 0 Å². The Balaban J connectivity index is 1.69. The fourth-order valence-corrected chi connectivity index (χ4v) is 4.43. The molecule has 1 atom stereocenters. The Labute approximate surface area is 162 Å². The van der Waals surface area contributed by atoms with Crippen LogP contribution in [0.15, 0.2) is 18.2 Å². The molecule has 1 spiro atoms. The summed E-state index contributed by atoms with van der Waals surface area (Å²) in [5.41, 5.74) is 2.22. The number of carbonyl (C=O) groups is 1. The molecule has 2 aliphatic heterocycles. The van der Waals surface area contributed by atoms with Crippen LogP contribution in [0.2, 0.25) is 0 Å². The minimum atomic E-state index is -0.176. The van der Waals surface area contributed by atoms with Crippen LogP contribution in [0, 0.1) is 12.7 Å². The van der Waals surface area contributed by atoms with E-state index in [0.717, 1.165) is 51.1 Å². The van der Waals surface area contributed by atoms with E-state index in [4.69, 9.17) is 4.74 Å². The lowest BCUT2D eigenvalue weighted by Gasteiger charge is -2.49. The zero-order valence-corrected chi connectivity index (χ0v) is 16.8. The number of likely N-dealkylation sites (tertiary alicyclic amines) is 1. The molecule has 2 heterocycles. The van der Waals surface area contributed by atoms with E-state index in [9.17, 15) is 9.18 Å². The van der Waals surface area contributed by atoms with Gasteiger partial charge in [-0.2, -0.15) is 0 Å². The number of hydrogen-bond donors (Lipinski definition) is 0. The Hall–Kier alpha value is -1.50. The van der Waals surface area contributed by atoms with Gasteiger partial charge < -0.3 is 9.64 Å². The van der Waals surface area contributed by atoms with Crippen molar-refractivity contribution in [1.29, 1.82) is 0 Å². The van der Waals surface area contributed by atoms with Crippen LogP contribution < -0.4 is 0 Å². The van der Waals surface area contributed by atoms with Gasteiger partial charge in [0.2, 0.25) is 5.91 Å². The van der Waals surface area contributed by atoms with Crippen molar-refractivity contribution in [2.75, 3.05) is 53.5 Å². The Bertz CT molecular complexity index is 669. The third-order valence-electron chi connectivity index (χ3n) is 6.35. The highest BCUT2D eigenvalue weighted by atomic mass is 19.1. The lowest BCUT2D eigenvalue weighted by Crippen LogP contribution is -2.60. The molecular formula is C21H32FN3O2. The van der Waals surface area contributed by atoms with Gasteiger partial charge in [0, 0.05) is 58.3 Å². The number of carbonyl (C=O) groups excluding carboxylic acids is 1. The number of amides is 1. The quantitative estimate of drug-likeness (QED) is 0.789. The summed E-state index contributed by atoms with van der Waals surface area (Å²) in [5, 5.41) is 0. The van der Waals surface area contributed by atoms with E-state index in [2.05, 4.69) is 16.8 Å². The van der Waals surface area contributed by atoms with E-state index < -0.39 is 0 Å². The summed E-state index contributed by atoms with van der Waals surface area (Å²) in [4.78, 5) is 19.4. The Morgan fingerprint density at radius 2 is 2.04 bits per heavy atom. The van der Waals surface area contributed by atoms with E-state index in [1.165, 1.54) is 5.56 Å². The summed E-state index contributed by atoms with van der Waals surface area (Å²) in [5.74, 6) is 0.0633. The maximum absolute atomic E-state index is 13.4. The highest BCUT2D eigenvalue weighted by molar-refractivity contribution is 5.76. The van der Waals surface area contributed by atoms with Crippen molar-refractivity contribution >= 4 is 5.91 Å². The van der Waals surface area contributed by atoms with Gasteiger partial charge in [0.25, 0.3) is 0 Å². The van der Waals surface area contributed by atoms with Crippen molar-refractivity contribution in [3.05, 3.63) is 35.1 Å². The molecule has 1 aromatic carbocycles. The van der Waals surface area contributed by atoms with Crippen molar-refractivity contribution in [2.24, 2.45) is 0 Å². The average Bonchev–Trinajstić information content (AvgIpc) is 2.79. The Morgan fingerprint density at radius 3 is 2.78 bits per heavy atom. The highest BCUT2D eigenvalue weighted by Crippen LogP contribution is 2.32. The molecular weight excluding hydrogens is 345 g/mol. The molecule has 150 valence electrons. The summed E-state index contributed by atoms with van der Waals surface area (Å²) < 4.78 is 18.6. The first-order valence-electron chi connectivity index (χ1n) is 9.89. The van der Waals surface area contributed by atoms with Gasteiger partial charge in [-0.3, -0.25) is 14.6 Å². The maximum atomic E-state index is 13.4. The molecule has 2 saturated heterocycles. The molecule has 3 rings (SSSR count). The second-order valence-corrected chi connectivity index (χ2v) is 8.05. The monoisotopic (exact) mass is 377 g/mol. The summed E-state index contributed by atoms with van der Waals surface area (Å²) >= 11 is 0. The molecule has 27 heavy (non-hydrogen) atoms. The zero-order chi connectivity index (χ0) is 19.4. The van der Waals surface area contributed by atoms with Crippen LogP contribution in [0.4, 0.5) is 4.39 Å². The van der Waals surface area contributed by atoms with Gasteiger partial charge in [-0.1, -0.05) is 6.07 Å². The predicted molar refractivity (Wildman–Crippen MR) is 104 cm³/mol. The second-order valence-electron chi connectivity index (χ2n) is 8.05. The molecule has 0 saturated carbocycles. The molecule has 5 nitrogen and oxygen atoms in total. The lowest BCUT2D eigenvalue weighted by molar-refractivity contribution is -0.131.